The zero-order chi connectivity index (χ0) is 15.6. The quantitative estimate of drug-likeness (QED) is 0.910. The van der Waals surface area contributed by atoms with Crippen molar-refractivity contribution in [3.63, 3.8) is 0 Å². The van der Waals surface area contributed by atoms with Crippen molar-refractivity contribution in [3.05, 3.63) is 36.0 Å². The Bertz CT molecular complexity index is 667. The van der Waals surface area contributed by atoms with E-state index in [4.69, 9.17) is 5.73 Å². The fourth-order valence-electron chi connectivity index (χ4n) is 1.60. The van der Waals surface area contributed by atoms with Gasteiger partial charge in [0.05, 0.1) is 11.9 Å². The minimum absolute atomic E-state index is 0.0549. The topological polar surface area (TPSA) is 82.2 Å². The Morgan fingerprint density at radius 2 is 2.05 bits per heavy atom. The molecule has 6 nitrogen and oxygen atoms in total. The van der Waals surface area contributed by atoms with Crippen LogP contribution in [0.15, 0.2) is 30.5 Å². The van der Waals surface area contributed by atoms with Crippen LogP contribution in [-0.4, -0.2) is 22.1 Å². The number of carbonyl (C=O) groups is 1. The van der Waals surface area contributed by atoms with E-state index >= 15 is 0 Å². The van der Waals surface area contributed by atoms with Gasteiger partial charge < -0.3 is 15.8 Å². The molecule has 1 aromatic carbocycles. The van der Waals surface area contributed by atoms with Crippen LogP contribution >= 0.6 is 0 Å². The van der Waals surface area contributed by atoms with Gasteiger partial charge in [-0.2, -0.15) is 5.10 Å². The molecule has 0 aliphatic carbocycles. The number of benzene rings is 1. The van der Waals surface area contributed by atoms with Crippen molar-refractivity contribution in [3.8, 4) is 5.75 Å². The first-order valence-corrected chi connectivity index (χ1v) is 5.71. The molecule has 112 valence electrons. The molecule has 0 saturated carbocycles. The van der Waals surface area contributed by atoms with Crippen LogP contribution in [0.1, 0.15) is 10.4 Å². The summed E-state index contributed by atoms with van der Waals surface area (Å²) >= 11 is 0. The third-order valence-corrected chi connectivity index (χ3v) is 2.59. The third kappa shape index (κ3) is 3.44. The van der Waals surface area contributed by atoms with Gasteiger partial charge in [0.25, 0.3) is 5.91 Å². The number of nitrogens with one attached hydrogen (secondary N) is 1. The molecular formula is C12H11F3N4O2. The number of alkyl halides is 3. The summed E-state index contributed by atoms with van der Waals surface area (Å²) in [6.07, 6.45) is -3.63. The highest BCUT2D eigenvalue weighted by molar-refractivity contribution is 6.07. The van der Waals surface area contributed by atoms with Crippen molar-refractivity contribution in [2.45, 2.75) is 6.36 Å². The van der Waals surface area contributed by atoms with E-state index in [0.29, 0.717) is 0 Å². The Morgan fingerprint density at radius 1 is 1.38 bits per heavy atom. The molecule has 21 heavy (non-hydrogen) atoms. The zero-order valence-corrected chi connectivity index (χ0v) is 10.8. The highest BCUT2D eigenvalue weighted by atomic mass is 19.4. The van der Waals surface area contributed by atoms with Gasteiger partial charge in [-0.25, -0.2) is 0 Å². The molecule has 3 N–H and O–H groups in total. The number of anilines is 2. The minimum Gasteiger partial charge on any atom is -0.404 e. The summed E-state index contributed by atoms with van der Waals surface area (Å²) in [5.74, 6) is -1.10. The number of nitrogen functional groups attached to an aromatic ring is 1. The summed E-state index contributed by atoms with van der Waals surface area (Å²) in [7, 11) is 1.53. The van der Waals surface area contributed by atoms with Gasteiger partial charge in [-0.15, -0.1) is 13.2 Å². The van der Waals surface area contributed by atoms with Crippen molar-refractivity contribution in [1.29, 1.82) is 0 Å². The maximum absolute atomic E-state index is 12.3. The highest BCUT2D eigenvalue weighted by Crippen LogP contribution is 2.30. The first-order chi connectivity index (χ1) is 9.78. The highest BCUT2D eigenvalue weighted by Gasteiger charge is 2.32. The molecule has 0 spiro atoms. The van der Waals surface area contributed by atoms with E-state index in [2.05, 4.69) is 15.2 Å². The second kappa shape index (κ2) is 5.35. The molecule has 1 aromatic heterocycles. The molecule has 0 atom stereocenters. The fourth-order valence-corrected chi connectivity index (χ4v) is 1.60. The molecule has 1 heterocycles. The van der Waals surface area contributed by atoms with Gasteiger partial charge in [0.2, 0.25) is 0 Å². The fraction of sp³-hybridized carbons (Fsp3) is 0.167. The van der Waals surface area contributed by atoms with E-state index < -0.39 is 18.0 Å². The molecule has 0 fully saturated rings. The lowest BCUT2D eigenvalue weighted by atomic mass is 10.2. The largest absolute Gasteiger partial charge is 0.573 e. The van der Waals surface area contributed by atoms with E-state index in [1.807, 2.05) is 0 Å². The smallest absolute Gasteiger partial charge is 0.404 e. The number of hydrogen-bond donors (Lipinski definition) is 2. The Hall–Kier alpha value is -2.71. The third-order valence-electron chi connectivity index (χ3n) is 2.59. The predicted molar refractivity (Wildman–Crippen MR) is 68.7 cm³/mol. The van der Waals surface area contributed by atoms with E-state index in [1.165, 1.54) is 36.1 Å². The van der Waals surface area contributed by atoms with Crippen LogP contribution in [0.4, 0.5) is 24.7 Å². The molecule has 0 aliphatic heterocycles. The first-order valence-electron chi connectivity index (χ1n) is 5.71. The molecule has 2 rings (SSSR count). The standard InChI is InChI=1S/C12H11F3N4O2/c1-19-10(16)7(6-17-19)11(20)18-8-4-2-3-5-9(8)21-12(13,14)15/h2-6H,16H2,1H3,(H,18,20). The van der Waals surface area contributed by atoms with Gasteiger partial charge in [0, 0.05) is 7.05 Å². The second-order valence-corrected chi connectivity index (χ2v) is 4.07. The molecule has 0 unspecified atom stereocenters. The lowest BCUT2D eigenvalue weighted by Gasteiger charge is -2.13. The van der Waals surface area contributed by atoms with Gasteiger partial charge in [0.15, 0.2) is 5.75 Å². The summed E-state index contributed by atoms with van der Waals surface area (Å²) in [5, 5.41) is 6.09. The van der Waals surface area contributed by atoms with Crippen LogP contribution in [0.25, 0.3) is 0 Å². The van der Waals surface area contributed by atoms with Crippen LogP contribution in [0.2, 0.25) is 0 Å². The number of nitrogens with two attached hydrogens (primary N) is 1. The summed E-state index contributed by atoms with van der Waals surface area (Å²) in [6.45, 7) is 0. The van der Waals surface area contributed by atoms with Crippen molar-refractivity contribution in [1.82, 2.24) is 9.78 Å². The molecule has 1 amide bonds. The van der Waals surface area contributed by atoms with E-state index in [-0.39, 0.29) is 17.1 Å². The van der Waals surface area contributed by atoms with Crippen LogP contribution in [-0.2, 0) is 7.05 Å². The van der Waals surface area contributed by atoms with Gasteiger partial charge in [-0.05, 0) is 12.1 Å². The summed E-state index contributed by atoms with van der Waals surface area (Å²) in [6, 6.07) is 5.20. The molecule has 9 heteroatoms. The number of nitrogens with zero attached hydrogens (tertiary/aromatic N) is 2. The van der Waals surface area contributed by atoms with Crippen molar-refractivity contribution in [2.75, 3.05) is 11.1 Å². The molecule has 2 aromatic rings. The van der Waals surface area contributed by atoms with Gasteiger partial charge in [-0.3, -0.25) is 9.48 Å². The number of halogens is 3. The Labute approximate surface area is 117 Å². The Kier molecular flexibility index (Phi) is 3.74. The maximum atomic E-state index is 12.3. The average molecular weight is 300 g/mol. The zero-order valence-electron chi connectivity index (χ0n) is 10.8. The molecule has 0 saturated heterocycles. The lowest BCUT2D eigenvalue weighted by molar-refractivity contribution is -0.274. The van der Waals surface area contributed by atoms with Gasteiger partial charge >= 0.3 is 6.36 Å². The lowest BCUT2D eigenvalue weighted by Crippen LogP contribution is -2.20. The first kappa shape index (κ1) is 14.7. The van der Waals surface area contributed by atoms with E-state index in [1.54, 1.807) is 0 Å². The van der Waals surface area contributed by atoms with Crippen LogP contribution in [0.3, 0.4) is 0 Å². The second-order valence-electron chi connectivity index (χ2n) is 4.07. The summed E-state index contributed by atoms with van der Waals surface area (Å²) < 4.78 is 42.0. The van der Waals surface area contributed by atoms with Gasteiger partial charge in [0.1, 0.15) is 11.4 Å². The monoisotopic (exact) mass is 300 g/mol. The number of rotatable bonds is 3. The Balaban J connectivity index is 2.24. The molecule has 0 bridgehead atoms. The SMILES string of the molecule is Cn1ncc(C(=O)Nc2ccccc2OC(F)(F)F)c1N. The number of amides is 1. The number of carbonyl (C=O) groups excluding carboxylic acids is 1. The number of para-hydroxylation sites is 2. The molecule has 0 radical (unpaired) electrons. The van der Waals surface area contributed by atoms with Crippen LogP contribution in [0, 0.1) is 0 Å². The van der Waals surface area contributed by atoms with Crippen molar-refractivity contribution in [2.24, 2.45) is 7.05 Å². The van der Waals surface area contributed by atoms with Crippen LogP contribution in [0.5, 0.6) is 5.75 Å². The van der Waals surface area contributed by atoms with Crippen LogP contribution < -0.4 is 15.8 Å². The molecule has 0 aliphatic rings. The van der Waals surface area contributed by atoms with E-state index in [9.17, 15) is 18.0 Å². The summed E-state index contributed by atoms with van der Waals surface area (Å²) in [5.41, 5.74) is 5.56. The maximum Gasteiger partial charge on any atom is 0.573 e. The summed E-state index contributed by atoms with van der Waals surface area (Å²) in [4.78, 5) is 12.0. The predicted octanol–water partition coefficient (Wildman–Crippen LogP) is 2.15. The minimum atomic E-state index is -4.85. The number of aryl methyl sites for hydroxylation is 1. The number of ether oxygens (including phenoxy) is 1. The number of hydrogen-bond acceptors (Lipinski definition) is 4. The van der Waals surface area contributed by atoms with E-state index in [0.717, 1.165) is 6.07 Å². The Morgan fingerprint density at radius 3 is 2.62 bits per heavy atom. The molecular weight excluding hydrogens is 289 g/mol. The van der Waals surface area contributed by atoms with Crippen molar-refractivity contribution >= 4 is 17.4 Å². The number of aromatic nitrogens is 2. The van der Waals surface area contributed by atoms with Crippen molar-refractivity contribution < 1.29 is 22.7 Å². The van der Waals surface area contributed by atoms with Gasteiger partial charge in [-0.1, -0.05) is 12.1 Å². The normalized spacial score (nSPS) is 11.2. The average Bonchev–Trinajstić information content (AvgIpc) is 2.71.